The Labute approximate surface area is 91.4 Å². The van der Waals surface area contributed by atoms with Crippen molar-refractivity contribution < 1.29 is 4.21 Å². The van der Waals surface area contributed by atoms with Crippen molar-refractivity contribution in [2.24, 2.45) is 0 Å². The number of rotatable bonds is 4. The number of hydrogen-bond donors (Lipinski definition) is 1. The van der Waals surface area contributed by atoms with E-state index in [1.807, 2.05) is 13.8 Å². The molecule has 0 spiro atoms. The molecule has 0 aliphatic carbocycles. The van der Waals surface area contributed by atoms with Crippen LogP contribution in [-0.2, 0) is 10.8 Å². The van der Waals surface area contributed by atoms with Gasteiger partial charge in [-0.05, 0) is 20.8 Å². The predicted molar refractivity (Wildman–Crippen MR) is 63.6 cm³/mol. The highest BCUT2D eigenvalue weighted by Crippen LogP contribution is 2.21. The van der Waals surface area contributed by atoms with Crippen LogP contribution in [0.15, 0.2) is 0 Å². The van der Waals surface area contributed by atoms with Crippen molar-refractivity contribution in [1.82, 2.24) is 4.98 Å². The van der Waals surface area contributed by atoms with Crippen LogP contribution in [0.2, 0.25) is 0 Å². The second-order valence-electron chi connectivity index (χ2n) is 3.45. The summed E-state index contributed by atoms with van der Waals surface area (Å²) in [5.74, 6) is 0.664. The van der Waals surface area contributed by atoms with Gasteiger partial charge in [0.1, 0.15) is 0 Å². The third kappa shape index (κ3) is 3.38. The van der Waals surface area contributed by atoms with E-state index in [0.717, 1.165) is 10.8 Å². The summed E-state index contributed by atoms with van der Waals surface area (Å²) >= 11 is 1.65. The molecule has 1 rings (SSSR count). The topological polar surface area (TPSA) is 42.0 Å². The summed E-state index contributed by atoms with van der Waals surface area (Å²) in [5.41, 5.74) is 1.07. The van der Waals surface area contributed by atoms with Crippen molar-refractivity contribution in [3.8, 4) is 0 Å². The van der Waals surface area contributed by atoms with Crippen molar-refractivity contribution in [3.63, 3.8) is 0 Å². The molecule has 0 bridgehead atoms. The molecule has 0 aliphatic rings. The lowest BCUT2D eigenvalue weighted by molar-refractivity contribution is 0.683. The van der Waals surface area contributed by atoms with Crippen LogP contribution < -0.4 is 5.32 Å². The Morgan fingerprint density at radius 1 is 1.57 bits per heavy atom. The van der Waals surface area contributed by atoms with E-state index >= 15 is 0 Å². The molecule has 14 heavy (non-hydrogen) atoms. The molecule has 0 saturated carbocycles. The van der Waals surface area contributed by atoms with Crippen LogP contribution in [0.25, 0.3) is 0 Å². The number of aryl methyl sites for hydroxylation is 2. The Balaban J connectivity index is 2.56. The number of thiazole rings is 1. The standard InChI is InChI=1S/C9H16N2OS2/c1-6(5-14(4)12)10-9-11-7(2)8(3)13-9/h6H,5H2,1-4H3,(H,10,11). The molecule has 3 nitrogen and oxygen atoms in total. The second-order valence-corrected chi connectivity index (χ2v) is 6.13. The maximum absolute atomic E-state index is 11.0. The largest absolute Gasteiger partial charge is 0.358 e. The zero-order valence-electron chi connectivity index (χ0n) is 8.96. The van der Waals surface area contributed by atoms with E-state index in [2.05, 4.69) is 17.2 Å². The average molecular weight is 232 g/mol. The molecule has 1 aromatic rings. The lowest BCUT2D eigenvalue weighted by Gasteiger charge is -2.10. The normalized spacial score (nSPS) is 15.1. The molecule has 0 aromatic carbocycles. The van der Waals surface area contributed by atoms with Crippen molar-refractivity contribution in [1.29, 1.82) is 0 Å². The average Bonchev–Trinajstić information content (AvgIpc) is 2.28. The predicted octanol–water partition coefficient (Wildman–Crippen LogP) is 1.94. The Morgan fingerprint density at radius 3 is 2.64 bits per heavy atom. The Kier molecular flexibility index (Phi) is 4.07. The highest BCUT2D eigenvalue weighted by Gasteiger charge is 2.08. The molecule has 1 aromatic heterocycles. The smallest absolute Gasteiger partial charge is 0.183 e. The third-order valence-electron chi connectivity index (χ3n) is 1.88. The van der Waals surface area contributed by atoms with Crippen LogP contribution in [0, 0.1) is 13.8 Å². The van der Waals surface area contributed by atoms with E-state index in [1.165, 1.54) is 4.88 Å². The number of aromatic nitrogens is 1. The van der Waals surface area contributed by atoms with E-state index in [0.29, 0.717) is 5.75 Å². The van der Waals surface area contributed by atoms with E-state index in [1.54, 1.807) is 17.6 Å². The first-order valence-corrected chi connectivity index (χ1v) is 7.04. The maximum Gasteiger partial charge on any atom is 0.183 e. The molecule has 0 fully saturated rings. The minimum Gasteiger partial charge on any atom is -0.358 e. The first-order chi connectivity index (χ1) is 6.49. The molecule has 0 aliphatic heterocycles. The van der Waals surface area contributed by atoms with Gasteiger partial charge in [0.05, 0.1) is 5.69 Å². The van der Waals surface area contributed by atoms with Crippen molar-refractivity contribution in [3.05, 3.63) is 10.6 Å². The molecule has 1 heterocycles. The van der Waals surface area contributed by atoms with E-state index in [-0.39, 0.29) is 6.04 Å². The fourth-order valence-electron chi connectivity index (χ4n) is 1.14. The summed E-state index contributed by atoms with van der Waals surface area (Å²) in [5, 5.41) is 4.18. The lowest BCUT2D eigenvalue weighted by Crippen LogP contribution is -2.22. The SMILES string of the molecule is Cc1nc(NC(C)CS(C)=O)sc1C. The molecular formula is C9H16N2OS2. The van der Waals surface area contributed by atoms with Gasteiger partial charge in [-0.25, -0.2) is 4.98 Å². The van der Waals surface area contributed by atoms with E-state index in [4.69, 9.17) is 0 Å². The zero-order chi connectivity index (χ0) is 10.7. The molecule has 0 radical (unpaired) electrons. The van der Waals surface area contributed by atoms with Crippen LogP contribution in [0.4, 0.5) is 5.13 Å². The fraction of sp³-hybridized carbons (Fsp3) is 0.667. The Bertz CT molecular complexity index is 316. The monoisotopic (exact) mass is 232 g/mol. The van der Waals surface area contributed by atoms with Crippen molar-refractivity contribution >= 4 is 27.3 Å². The molecule has 0 saturated heterocycles. The first-order valence-electron chi connectivity index (χ1n) is 4.49. The van der Waals surface area contributed by atoms with Crippen LogP contribution >= 0.6 is 11.3 Å². The Hall–Kier alpha value is -0.420. The van der Waals surface area contributed by atoms with Crippen LogP contribution in [0.3, 0.4) is 0 Å². The van der Waals surface area contributed by atoms with Gasteiger partial charge in [0.15, 0.2) is 5.13 Å². The minimum absolute atomic E-state index is 0.214. The molecule has 2 unspecified atom stereocenters. The van der Waals surface area contributed by atoms with Crippen molar-refractivity contribution in [2.45, 2.75) is 26.8 Å². The molecule has 80 valence electrons. The minimum atomic E-state index is -0.754. The number of hydrogen-bond acceptors (Lipinski definition) is 4. The highest BCUT2D eigenvalue weighted by atomic mass is 32.2. The van der Waals surface area contributed by atoms with Gasteiger partial charge in [-0.3, -0.25) is 4.21 Å². The third-order valence-corrected chi connectivity index (χ3v) is 3.86. The summed E-state index contributed by atoms with van der Waals surface area (Å²) in [6, 6.07) is 0.214. The van der Waals surface area contributed by atoms with E-state index < -0.39 is 10.8 Å². The molecule has 5 heteroatoms. The van der Waals surface area contributed by atoms with Crippen LogP contribution in [0.5, 0.6) is 0 Å². The van der Waals surface area contributed by atoms with Gasteiger partial charge in [-0.2, -0.15) is 0 Å². The van der Waals surface area contributed by atoms with E-state index in [9.17, 15) is 4.21 Å². The van der Waals surface area contributed by atoms with Crippen LogP contribution in [-0.4, -0.2) is 27.2 Å². The van der Waals surface area contributed by atoms with Crippen LogP contribution in [0.1, 0.15) is 17.5 Å². The van der Waals surface area contributed by atoms with Gasteiger partial charge >= 0.3 is 0 Å². The fourth-order valence-corrected chi connectivity index (χ4v) is 2.85. The molecule has 1 N–H and O–H groups in total. The van der Waals surface area contributed by atoms with Gasteiger partial charge in [0.2, 0.25) is 0 Å². The van der Waals surface area contributed by atoms with Gasteiger partial charge in [-0.15, -0.1) is 11.3 Å². The summed E-state index contributed by atoms with van der Waals surface area (Å²) in [4.78, 5) is 5.60. The molecular weight excluding hydrogens is 216 g/mol. The van der Waals surface area contributed by atoms with Gasteiger partial charge in [0, 0.05) is 33.7 Å². The zero-order valence-corrected chi connectivity index (χ0v) is 10.6. The molecule has 2 atom stereocenters. The van der Waals surface area contributed by atoms with Crippen molar-refractivity contribution in [2.75, 3.05) is 17.3 Å². The summed E-state index contributed by atoms with van der Waals surface area (Å²) in [6.45, 7) is 6.08. The Morgan fingerprint density at radius 2 is 2.21 bits per heavy atom. The molecule has 0 amide bonds. The number of anilines is 1. The first kappa shape index (κ1) is 11.7. The summed E-state index contributed by atoms with van der Waals surface area (Å²) < 4.78 is 11.0. The number of nitrogens with zero attached hydrogens (tertiary/aromatic N) is 1. The number of nitrogens with one attached hydrogen (secondary N) is 1. The van der Waals surface area contributed by atoms with Gasteiger partial charge in [0.25, 0.3) is 0 Å². The quantitative estimate of drug-likeness (QED) is 0.862. The summed E-state index contributed by atoms with van der Waals surface area (Å²) in [6.07, 6.45) is 1.72. The summed E-state index contributed by atoms with van der Waals surface area (Å²) in [7, 11) is -0.754. The maximum atomic E-state index is 11.0. The lowest BCUT2D eigenvalue weighted by atomic mass is 10.4. The highest BCUT2D eigenvalue weighted by molar-refractivity contribution is 7.84. The second kappa shape index (κ2) is 4.89. The van der Waals surface area contributed by atoms with Gasteiger partial charge < -0.3 is 5.32 Å². The van der Waals surface area contributed by atoms with Gasteiger partial charge in [-0.1, -0.05) is 0 Å².